The van der Waals surface area contributed by atoms with Crippen LogP contribution in [0, 0.1) is 10.1 Å². The largest absolute Gasteiger partial charge is 0.320 e. The van der Waals surface area contributed by atoms with Crippen LogP contribution < -0.4 is 5.32 Å². The van der Waals surface area contributed by atoms with Crippen molar-refractivity contribution in [3.8, 4) is 5.69 Å². The van der Waals surface area contributed by atoms with Gasteiger partial charge in [-0.05, 0) is 23.6 Å². The number of carbonyl (C=O) groups is 1. The van der Waals surface area contributed by atoms with Gasteiger partial charge >= 0.3 is 0 Å². The second-order valence-electron chi connectivity index (χ2n) is 7.06. The summed E-state index contributed by atoms with van der Waals surface area (Å²) in [7, 11) is 0. The standard InChI is InChI=1S/C19H19N5O3/c1-19(2,3)14-9-8-13(12-17(14)24(26)27)18(25)21-15-6-4-5-7-16(15)23-11-10-20-22-23/h4-12H,1-3H3,(H,21,25). The van der Waals surface area contributed by atoms with Crippen LogP contribution in [0.4, 0.5) is 11.4 Å². The Hall–Kier alpha value is -3.55. The van der Waals surface area contributed by atoms with Gasteiger partial charge in [0.2, 0.25) is 0 Å². The van der Waals surface area contributed by atoms with Crippen LogP contribution in [0.5, 0.6) is 0 Å². The molecule has 1 N–H and O–H groups in total. The molecule has 8 heteroatoms. The normalized spacial score (nSPS) is 11.2. The van der Waals surface area contributed by atoms with E-state index in [9.17, 15) is 14.9 Å². The third-order valence-corrected chi connectivity index (χ3v) is 4.09. The molecule has 8 nitrogen and oxygen atoms in total. The Morgan fingerprint density at radius 1 is 1.19 bits per heavy atom. The molecule has 1 aromatic heterocycles. The number of benzene rings is 2. The minimum Gasteiger partial charge on any atom is -0.320 e. The van der Waals surface area contributed by atoms with Gasteiger partial charge in [-0.3, -0.25) is 14.9 Å². The Balaban J connectivity index is 1.94. The van der Waals surface area contributed by atoms with Crippen molar-refractivity contribution in [2.45, 2.75) is 26.2 Å². The summed E-state index contributed by atoms with van der Waals surface area (Å²) in [5.74, 6) is -0.439. The van der Waals surface area contributed by atoms with Gasteiger partial charge < -0.3 is 5.32 Å². The van der Waals surface area contributed by atoms with E-state index in [0.717, 1.165) is 0 Å². The van der Waals surface area contributed by atoms with Crippen LogP contribution in [0.3, 0.4) is 0 Å². The van der Waals surface area contributed by atoms with E-state index in [1.165, 1.54) is 16.9 Å². The van der Waals surface area contributed by atoms with E-state index < -0.39 is 16.2 Å². The lowest BCUT2D eigenvalue weighted by molar-refractivity contribution is -0.386. The maximum atomic E-state index is 12.7. The third kappa shape index (κ3) is 3.84. The summed E-state index contributed by atoms with van der Waals surface area (Å²) in [5, 5.41) is 22.0. The summed E-state index contributed by atoms with van der Waals surface area (Å²) in [5.41, 5.74) is 1.48. The number of carbonyl (C=O) groups excluding carboxylic acids is 1. The number of aromatic nitrogens is 3. The van der Waals surface area contributed by atoms with Gasteiger partial charge in [-0.1, -0.05) is 44.2 Å². The van der Waals surface area contributed by atoms with E-state index in [1.54, 1.807) is 36.5 Å². The third-order valence-electron chi connectivity index (χ3n) is 4.09. The molecule has 0 spiro atoms. The average molecular weight is 365 g/mol. The van der Waals surface area contributed by atoms with Crippen LogP contribution >= 0.6 is 0 Å². The number of nitro groups is 1. The highest BCUT2D eigenvalue weighted by molar-refractivity contribution is 6.05. The van der Waals surface area contributed by atoms with Gasteiger partial charge in [-0.2, -0.15) is 0 Å². The molecule has 2 aromatic carbocycles. The van der Waals surface area contributed by atoms with Crippen LogP contribution in [-0.2, 0) is 5.41 Å². The lowest BCUT2D eigenvalue weighted by atomic mass is 9.85. The number of hydrogen-bond donors (Lipinski definition) is 1. The Morgan fingerprint density at radius 2 is 1.93 bits per heavy atom. The number of nitro benzene ring substituents is 1. The zero-order valence-corrected chi connectivity index (χ0v) is 15.2. The molecule has 0 aliphatic heterocycles. The zero-order chi connectivity index (χ0) is 19.6. The van der Waals surface area contributed by atoms with Gasteiger partial charge in [0, 0.05) is 17.2 Å². The quantitative estimate of drug-likeness (QED) is 0.560. The molecular formula is C19H19N5O3. The van der Waals surface area contributed by atoms with Crippen molar-refractivity contribution < 1.29 is 9.72 Å². The van der Waals surface area contributed by atoms with Gasteiger partial charge in [0.15, 0.2) is 0 Å². The summed E-state index contributed by atoms with van der Waals surface area (Å²) in [6.45, 7) is 5.68. The molecule has 0 unspecified atom stereocenters. The first kappa shape index (κ1) is 18.2. The predicted octanol–water partition coefficient (Wildman–Crippen LogP) is 3.73. The molecule has 3 aromatic rings. The van der Waals surface area contributed by atoms with E-state index in [1.807, 2.05) is 26.8 Å². The van der Waals surface area contributed by atoms with Gasteiger partial charge in [-0.25, -0.2) is 4.68 Å². The highest BCUT2D eigenvalue weighted by Crippen LogP contribution is 2.32. The smallest absolute Gasteiger partial charge is 0.273 e. The van der Waals surface area contributed by atoms with Crippen LogP contribution in [0.1, 0.15) is 36.7 Å². The number of anilines is 1. The molecule has 27 heavy (non-hydrogen) atoms. The molecular weight excluding hydrogens is 346 g/mol. The SMILES string of the molecule is CC(C)(C)c1ccc(C(=O)Nc2ccccc2-n2ccnn2)cc1[N+](=O)[O-]. The molecule has 138 valence electrons. The van der Waals surface area contributed by atoms with Crippen molar-refractivity contribution in [1.82, 2.24) is 15.0 Å². The summed E-state index contributed by atoms with van der Waals surface area (Å²) in [6.07, 6.45) is 3.20. The number of hydrogen-bond acceptors (Lipinski definition) is 5. The van der Waals surface area contributed by atoms with E-state index in [-0.39, 0.29) is 11.3 Å². The Kier molecular flexibility index (Phi) is 4.72. The fraction of sp³-hybridized carbons (Fsp3) is 0.211. The first-order valence-corrected chi connectivity index (χ1v) is 8.33. The monoisotopic (exact) mass is 365 g/mol. The van der Waals surface area contributed by atoms with Crippen LogP contribution in [0.15, 0.2) is 54.9 Å². The molecule has 0 radical (unpaired) electrons. The van der Waals surface area contributed by atoms with Crippen molar-refractivity contribution >= 4 is 17.3 Å². The second kappa shape index (κ2) is 6.99. The lowest BCUT2D eigenvalue weighted by Gasteiger charge is -2.19. The Bertz CT molecular complexity index is 991. The van der Waals surface area contributed by atoms with Gasteiger partial charge in [0.25, 0.3) is 11.6 Å². The molecule has 0 bridgehead atoms. The number of amides is 1. The zero-order valence-electron chi connectivity index (χ0n) is 15.2. The van der Waals surface area contributed by atoms with Gasteiger partial charge in [0.05, 0.1) is 28.7 Å². The van der Waals surface area contributed by atoms with Gasteiger partial charge in [0.1, 0.15) is 0 Å². The van der Waals surface area contributed by atoms with Crippen LogP contribution in [-0.4, -0.2) is 25.8 Å². The highest BCUT2D eigenvalue weighted by Gasteiger charge is 2.26. The van der Waals surface area contributed by atoms with Crippen molar-refractivity contribution in [2.75, 3.05) is 5.32 Å². The number of para-hydroxylation sites is 2. The molecule has 0 aliphatic rings. The fourth-order valence-corrected chi connectivity index (χ4v) is 2.77. The number of nitrogens with one attached hydrogen (secondary N) is 1. The highest BCUT2D eigenvalue weighted by atomic mass is 16.6. The van der Waals surface area contributed by atoms with Crippen molar-refractivity contribution in [3.63, 3.8) is 0 Å². The molecule has 0 fully saturated rings. The second-order valence-corrected chi connectivity index (χ2v) is 7.06. The molecule has 0 saturated carbocycles. The number of nitrogens with zero attached hydrogens (tertiary/aromatic N) is 4. The fourth-order valence-electron chi connectivity index (χ4n) is 2.77. The van der Waals surface area contributed by atoms with Crippen molar-refractivity contribution in [2.24, 2.45) is 0 Å². The van der Waals surface area contributed by atoms with Crippen molar-refractivity contribution in [3.05, 3.63) is 76.1 Å². The molecule has 3 rings (SSSR count). The predicted molar refractivity (Wildman–Crippen MR) is 101 cm³/mol. The maximum Gasteiger partial charge on any atom is 0.273 e. The molecule has 0 aliphatic carbocycles. The Morgan fingerprint density at radius 3 is 2.56 bits per heavy atom. The minimum absolute atomic E-state index is 0.0697. The van der Waals surface area contributed by atoms with Crippen molar-refractivity contribution in [1.29, 1.82) is 0 Å². The summed E-state index contributed by atoms with van der Waals surface area (Å²) in [4.78, 5) is 23.7. The lowest BCUT2D eigenvalue weighted by Crippen LogP contribution is -2.17. The minimum atomic E-state index is -0.458. The Labute approximate surface area is 156 Å². The van der Waals surface area contributed by atoms with Crippen LogP contribution in [0.25, 0.3) is 5.69 Å². The van der Waals surface area contributed by atoms with Gasteiger partial charge in [-0.15, -0.1) is 5.10 Å². The molecule has 1 amide bonds. The van der Waals surface area contributed by atoms with E-state index in [0.29, 0.717) is 16.9 Å². The average Bonchev–Trinajstić information content (AvgIpc) is 3.15. The molecule has 1 heterocycles. The topological polar surface area (TPSA) is 103 Å². The first-order chi connectivity index (χ1) is 12.8. The molecule has 0 atom stereocenters. The molecule has 0 saturated heterocycles. The van der Waals surface area contributed by atoms with Crippen LogP contribution in [0.2, 0.25) is 0 Å². The summed E-state index contributed by atoms with van der Waals surface area (Å²) >= 11 is 0. The van der Waals surface area contributed by atoms with E-state index >= 15 is 0 Å². The van der Waals surface area contributed by atoms with E-state index in [4.69, 9.17) is 0 Å². The first-order valence-electron chi connectivity index (χ1n) is 8.33. The number of rotatable bonds is 4. The summed E-state index contributed by atoms with van der Waals surface area (Å²) in [6, 6.07) is 11.7. The maximum absolute atomic E-state index is 12.7. The summed E-state index contributed by atoms with van der Waals surface area (Å²) < 4.78 is 1.53. The van der Waals surface area contributed by atoms with E-state index in [2.05, 4.69) is 15.6 Å².